The standard InChI is InChI=1S/C41H28BN3/c1-4-15-29(16-5-1)42(30-17-6-2-7-18-30)38-25-14-26-39(43-38)45-35-23-12-10-21-32(35)33-27-28-37-40(41(33)45)34-22-11-13-24-36(34)44(37)31-19-8-3-9-20-31/h1-28H. The van der Waals surface area contributed by atoms with Crippen molar-refractivity contribution in [2.24, 2.45) is 0 Å². The number of pyridine rings is 1. The molecule has 3 aromatic heterocycles. The number of hydrogen-bond acceptors (Lipinski definition) is 1. The van der Waals surface area contributed by atoms with Gasteiger partial charge in [-0.1, -0.05) is 138 Å². The summed E-state index contributed by atoms with van der Waals surface area (Å²) in [5.74, 6) is 0.916. The molecule has 3 nitrogen and oxygen atoms in total. The summed E-state index contributed by atoms with van der Waals surface area (Å²) >= 11 is 0. The average molecular weight is 574 g/mol. The Kier molecular flexibility index (Phi) is 5.92. The van der Waals surface area contributed by atoms with Gasteiger partial charge in [0.1, 0.15) is 5.82 Å². The minimum atomic E-state index is 0.0143. The summed E-state index contributed by atoms with van der Waals surface area (Å²) in [7, 11) is 0. The van der Waals surface area contributed by atoms with E-state index in [-0.39, 0.29) is 6.71 Å². The summed E-state index contributed by atoms with van der Waals surface area (Å²) in [4.78, 5) is 5.48. The molecule has 0 spiro atoms. The summed E-state index contributed by atoms with van der Waals surface area (Å²) in [5.41, 5.74) is 9.33. The lowest BCUT2D eigenvalue weighted by molar-refractivity contribution is 1.10. The summed E-state index contributed by atoms with van der Waals surface area (Å²) in [6, 6.07) is 60.6. The van der Waals surface area contributed by atoms with E-state index in [1.54, 1.807) is 0 Å². The second-order valence-corrected chi connectivity index (χ2v) is 11.6. The average Bonchev–Trinajstić information content (AvgIpc) is 3.63. The SMILES string of the molecule is c1ccc(B(c2ccccc2)c2cccc(-n3c4ccccc4c4ccc5c(c6ccccc6n5-c5ccccc5)c43)n2)cc1. The fourth-order valence-electron chi connectivity index (χ4n) is 7.15. The molecule has 3 heterocycles. The van der Waals surface area contributed by atoms with Gasteiger partial charge in [0, 0.05) is 32.8 Å². The van der Waals surface area contributed by atoms with Crippen LogP contribution < -0.4 is 16.5 Å². The number of aromatic nitrogens is 3. The van der Waals surface area contributed by atoms with Gasteiger partial charge >= 0.3 is 0 Å². The Hall–Kier alpha value is -5.87. The second kappa shape index (κ2) is 10.4. The molecule has 6 aromatic carbocycles. The van der Waals surface area contributed by atoms with E-state index in [1.807, 2.05) is 0 Å². The van der Waals surface area contributed by atoms with Crippen molar-refractivity contribution in [1.82, 2.24) is 14.1 Å². The van der Waals surface area contributed by atoms with Crippen LogP contribution in [0.15, 0.2) is 170 Å². The molecular formula is C41H28BN3. The Morgan fingerprint density at radius 1 is 0.400 bits per heavy atom. The highest BCUT2D eigenvalue weighted by Crippen LogP contribution is 2.41. The van der Waals surface area contributed by atoms with Crippen molar-refractivity contribution in [3.8, 4) is 11.5 Å². The quantitative estimate of drug-likeness (QED) is 0.193. The van der Waals surface area contributed by atoms with Crippen LogP contribution in [-0.2, 0) is 0 Å². The van der Waals surface area contributed by atoms with Gasteiger partial charge in [-0.3, -0.25) is 4.57 Å². The first-order valence-corrected chi connectivity index (χ1v) is 15.4. The van der Waals surface area contributed by atoms with E-state index in [1.165, 1.54) is 49.0 Å². The first-order valence-electron chi connectivity index (χ1n) is 15.4. The molecule has 0 saturated heterocycles. The molecule has 9 rings (SSSR count). The minimum Gasteiger partial charge on any atom is -0.309 e. The zero-order valence-electron chi connectivity index (χ0n) is 24.6. The third kappa shape index (κ3) is 4.03. The fraction of sp³-hybridized carbons (Fsp3) is 0. The Morgan fingerprint density at radius 3 is 1.67 bits per heavy atom. The van der Waals surface area contributed by atoms with E-state index in [0.29, 0.717) is 0 Å². The number of para-hydroxylation sites is 3. The summed E-state index contributed by atoms with van der Waals surface area (Å²) in [5, 5.41) is 4.91. The van der Waals surface area contributed by atoms with E-state index in [4.69, 9.17) is 4.98 Å². The van der Waals surface area contributed by atoms with Crippen molar-refractivity contribution in [3.05, 3.63) is 170 Å². The largest absolute Gasteiger partial charge is 0.309 e. The van der Waals surface area contributed by atoms with Crippen LogP contribution in [0.4, 0.5) is 0 Å². The molecule has 0 bridgehead atoms. The highest BCUT2D eigenvalue weighted by molar-refractivity contribution is 6.95. The number of fused-ring (bicyclic) bond motifs is 7. The topological polar surface area (TPSA) is 22.8 Å². The van der Waals surface area contributed by atoms with Crippen molar-refractivity contribution in [2.45, 2.75) is 0 Å². The van der Waals surface area contributed by atoms with Crippen LogP contribution in [0.1, 0.15) is 0 Å². The van der Waals surface area contributed by atoms with Crippen LogP contribution in [0.5, 0.6) is 0 Å². The molecule has 0 N–H and O–H groups in total. The third-order valence-corrected chi connectivity index (χ3v) is 9.03. The summed E-state index contributed by atoms with van der Waals surface area (Å²) in [6.07, 6.45) is 0. The number of nitrogens with zero attached hydrogens (tertiary/aromatic N) is 3. The third-order valence-electron chi connectivity index (χ3n) is 9.03. The zero-order valence-corrected chi connectivity index (χ0v) is 24.6. The maximum Gasteiger partial charge on any atom is 0.265 e. The molecular weight excluding hydrogens is 545 g/mol. The first kappa shape index (κ1) is 25.6. The smallest absolute Gasteiger partial charge is 0.265 e. The van der Waals surface area contributed by atoms with Crippen molar-refractivity contribution in [3.63, 3.8) is 0 Å². The molecule has 0 saturated carbocycles. The van der Waals surface area contributed by atoms with Gasteiger partial charge in [0.25, 0.3) is 6.71 Å². The molecule has 4 heteroatoms. The maximum atomic E-state index is 5.48. The highest BCUT2D eigenvalue weighted by Gasteiger charge is 2.25. The lowest BCUT2D eigenvalue weighted by Crippen LogP contribution is -2.53. The molecule has 0 aliphatic carbocycles. The van der Waals surface area contributed by atoms with Gasteiger partial charge in [0.15, 0.2) is 0 Å². The van der Waals surface area contributed by atoms with Crippen LogP contribution in [0.2, 0.25) is 0 Å². The summed E-state index contributed by atoms with van der Waals surface area (Å²) in [6.45, 7) is 0.0143. The monoisotopic (exact) mass is 573 g/mol. The molecule has 210 valence electrons. The molecule has 0 amide bonds. The van der Waals surface area contributed by atoms with Gasteiger partial charge in [0.05, 0.1) is 22.1 Å². The lowest BCUT2D eigenvalue weighted by Gasteiger charge is -2.16. The summed E-state index contributed by atoms with van der Waals surface area (Å²) < 4.78 is 4.77. The molecule has 45 heavy (non-hydrogen) atoms. The molecule has 0 aliphatic rings. The predicted molar refractivity (Wildman–Crippen MR) is 190 cm³/mol. The molecule has 0 fully saturated rings. The zero-order chi connectivity index (χ0) is 29.7. The Labute approximate surface area is 261 Å². The number of rotatable bonds is 5. The van der Waals surface area contributed by atoms with Crippen molar-refractivity contribution >= 4 is 66.8 Å². The predicted octanol–water partition coefficient (Wildman–Crippen LogP) is 7.79. The molecule has 0 unspecified atom stereocenters. The number of benzene rings is 6. The van der Waals surface area contributed by atoms with Crippen molar-refractivity contribution in [2.75, 3.05) is 0 Å². The van der Waals surface area contributed by atoms with Gasteiger partial charge in [-0.2, -0.15) is 0 Å². The van der Waals surface area contributed by atoms with Crippen molar-refractivity contribution < 1.29 is 0 Å². The Bertz CT molecular complexity index is 2440. The van der Waals surface area contributed by atoms with E-state index in [0.717, 1.165) is 22.6 Å². The van der Waals surface area contributed by atoms with E-state index < -0.39 is 0 Å². The van der Waals surface area contributed by atoms with Crippen LogP contribution in [0, 0.1) is 0 Å². The minimum absolute atomic E-state index is 0.0143. The Morgan fingerprint density at radius 2 is 0.978 bits per heavy atom. The van der Waals surface area contributed by atoms with Crippen molar-refractivity contribution in [1.29, 1.82) is 0 Å². The van der Waals surface area contributed by atoms with Crippen LogP contribution >= 0.6 is 0 Å². The van der Waals surface area contributed by atoms with Gasteiger partial charge in [0.2, 0.25) is 0 Å². The molecule has 0 atom stereocenters. The molecule has 0 aliphatic heterocycles. The van der Waals surface area contributed by atoms with Crippen LogP contribution in [-0.4, -0.2) is 20.8 Å². The van der Waals surface area contributed by atoms with Crippen LogP contribution in [0.3, 0.4) is 0 Å². The van der Waals surface area contributed by atoms with E-state index >= 15 is 0 Å². The first-order chi connectivity index (χ1) is 22.4. The van der Waals surface area contributed by atoms with E-state index in [9.17, 15) is 0 Å². The van der Waals surface area contributed by atoms with E-state index in [2.05, 4.69) is 179 Å². The van der Waals surface area contributed by atoms with Crippen LogP contribution in [0.25, 0.3) is 55.1 Å². The second-order valence-electron chi connectivity index (χ2n) is 11.6. The van der Waals surface area contributed by atoms with Gasteiger partial charge < -0.3 is 4.57 Å². The number of hydrogen-bond donors (Lipinski definition) is 0. The fourth-order valence-corrected chi connectivity index (χ4v) is 7.15. The lowest BCUT2D eigenvalue weighted by atomic mass is 9.38. The van der Waals surface area contributed by atoms with Gasteiger partial charge in [-0.15, -0.1) is 0 Å². The normalized spacial score (nSPS) is 11.6. The maximum absolute atomic E-state index is 5.48. The van der Waals surface area contributed by atoms with Gasteiger partial charge in [-0.05, 0) is 42.5 Å². The molecule has 9 aromatic rings. The highest BCUT2D eigenvalue weighted by atomic mass is 15.1. The molecule has 0 radical (unpaired) electrons. The Balaban J connectivity index is 1.38. The van der Waals surface area contributed by atoms with Gasteiger partial charge in [-0.25, -0.2) is 4.98 Å².